The number of hydrogen-bond donors (Lipinski definition) is 1. The number of nitrogens with two attached hydrogens (primary N) is 1. The van der Waals surface area contributed by atoms with Gasteiger partial charge in [-0.15, -0.1) is 0 Å². The lowest BCUT2D eigenvalue weighted by Crippen LogP contribution is -2.36. The number of imide groups is 1. The molecule has 1 saturated heterocycles. The van der Waals surface area contributed by atoms with Crippen LogP contribution in [0.5, 0.6) is 5.75 Å². The summed E-state index contributed by atoms with van der Waals surface area (Å²) in [5.41, 5.74) is 6.50. The molecule has 1 heterocycles. The number of carbonyl (C=O) groups excluding carboxylic acids is 2. The summed E-state index contributed by atoms with van der Waals surface area (Å²) < 4.78 is 5.11. The van der Waals surface area contributed by atoms with Crippen molar-refractivity contribution >= 4 is 23.2 Å². The van der Waals surface area contributed by atoms with Crippen LogP contribution in [0.25, 0.3) is 0 Å². The molecule has 2 N–H and O–H groups in total. The number of methoxy groups -OCH3 is 1. The second-order valence-electron chi connectivity index (χ2n) is 5.71. The van der Waals surface area contributed by atoms with Gasteiger partial charge in [0.1, 0.15) is 5.75 Å². The lowest BCUT2D eigenvalue weighted by Gasteiger charge is -2.22. The average molecular weight is 260 g/mol. The summed E-state index contributed by atoms with van der Waals surface area (Å²) >= 11 is 0. The maximum atomic E-state index is 12.3. The first-order valence-corrected chi connectivity index (χ1v) is 6.21. The van der Waals surface area contributed by atoms with E-state index < -0.39 is 0 Å². The van der Waals surface area contributed by atoms with Gasteiger partial charge in [-0.1, -0.05) is 13.8 Å². The van der Waals surface area contributed by atoms with Crippen LogP contribution in [0, 0.1) is 17.3 Å². The lowest BCUT2D eigenvalue weighted by atomic mass is 10.0. The minimum absolute atomic E-state index is 0.153. The Morgan fingerprint density at radius 3 is 2.32 bits per heavy atom. The number of ether oxygens (including phenoxy) is 1. The second kappa shape index (κ2) is 3.50. The average Bonchev–Trinajstić information content (AvgIpc) is 2.82. The highest BCUT2D eigenvalue weighted by molar-refractivity contribution is 6.26. The van der Waals surface area contributed by atoms with E-state index in [2.05, 4.69) is 0 Å². The molecular weight excluding hydrogens is 244 g/mol. The van der Waals surface area contributed by atoms with Crippen molar-refractivity contribution in [3.8, 4) is 5.75 Å². The van der Waals surface area contributed by atoms with Crippen molar-refractivity contribution in [1.29, 1.82) is 0 Å². The van der Waals surface area contributed by atoms with Gasteiger partial charge in [0, 0.05) is 6.07 Å². The number of piperidine rings is 1. The first kappa shape index (κ1) is 12.0. The van der Waals surface area contributed by atoms with E-state index in [1.807, 2.05) is 13.8 Å². The van der Waals surface area contributed by atoms with Crippen molar-refractivity contribution in [2.24, 2.45) is 17.3 Å². The Bertz CT molecular complexity index is 570. The standard InChI is InChI=1S/C14H16N2O3/c1-14(2)10-11(14)13(18)16(12(10)17)9-6-7(19-3)4-5-8(9)15/h4-6,10-11H,15H2,1-3H3. The smallest absolute Gasteiger partial charge is 0.238 e. The molecule has 1 aromatic rings. The topological polar surface area (TPSA) is 72.6 Å². The molecule has 2 atom stereocenters. The fourth-order valence-electron chi connectivity index (χ4n) is 3.03. The van der Waals surface area contributed by atoms with E-state index in [0.717, 1.165) is 0 Å². The van der Waals surface area contributed by atoms with Gasteiger partial charge in [0.2, 0.25) is 11.8 Å². The number of nitrogens with zero attached hydrogens (tertiary/aromatic N) is 1. The zero-order chi connectivity index (χ0) is 13.9. The van der Waals surface area contributed by atoms with Crippen LogP contribution in [0.1, 0.15) is 13.8 Å². The van der Waals surface area contributed by atoms with E-state index in [-0.39, 0.29) is 29.1 Å². The third-order valence-corrected chi connectivity index (χ3v) is 4.28. The first-order valence-electron chi connectivity index (χ1n) is 6.21. The molecule has 5 heteroatoms. The molecule has 2 fully saturated rings. The summed E-state index contributed by atoms with van der Waals surface area (Å²) in [7, 11) is 1.53. The fraction of sp³-hybridized carbons (Fsp3) is 0.429. The molecule has 2 aliphatic rings. The quantitative estimate of drug-likeness (QED) is 0.644. The van der Waals surface area contributed by atoms with Gasteiger partial charge in [-0.05, 0) is 17.5 Å². The third-order valence-electron chi connectivity index (χ3n) is 4.28. The highest BCUT2D eigenvalue weighted by atomic mass is 16.5. The summed E-state index contributed by atoms with van der Waals surface area (Å²) in [5, 5.41) is 0. The van der Waals surface area contributed by atoms with E-state index in [9.17, 15) is 9.59 Å². The Morgan fingerprint density at radius 1 is 1.21 bits per heavy atom. The van der Waals surface area contributed by atoms with Crippen LogP contribution in [0.2, 0.25) is 0 Å². The van der Waals surface area contributed by atoms with Crippen LogP contribution in [0.4, 0.5) is 11.4 Å². The number of amides is 2. The summed E-state index contributed by atoms with van der Waals surface area (Å²) in [4.78, 5) is 25.9. The largest absolute Gasteiger partial charge is 0.497 e. The zero-order valence-electron chi connectivity index (χ0n) is 11.1. The molecule has 1 aliphatic heterocycles. The highest BCUT2D eigenvalue weighted by Gasteiger charge is 2.72. The minimum Gasteiger partial charge on any atom is -0.497 e. The Hall–Kier alpha value is -2.04. The molecule has 0 radical (unpaired) electrons. The molecule has 3 rings (SSSR count). The first-order chi connectivity index (χ1) is 8.89. The number of rotatable bonds is 2. The molecule has 0 bridgehead atoms. The van der Waals surface area contributed by atoms with Crippen molar-refractivity contribution in [2.45, 2.75) is 13.8 Å². The number of hydrogen-bond acceptors (Lipinski definition) is 4. The monoisotopic (exact) mass is 260 g/mol. The molecule has 1 aliphatic carbocycles. The molecule has 0 spiro atoms. The third kappa shape index (κ3) is 1.41. The lowest BCUT2D eigenvalue weighted by molar-refractivity contribution is -0.125. The van der Waals surface area contributed by atoms with Crippen LogP contribution in [0.3, 0.4) is 0 Å². The molecule has 1 aromatic carbocycles. The molecule has 5 nitrogen and oxygen atoms in total. The van der Waals surface area contributed by atoms with Crippen molar-refractivity contribution in [3.05, 3.63) is 18.2 Å². The zero-order valence-corrected chi connectivity index (χ0v) is 11.1. The van der Waals surface area contributed by atoms with Gasteiger partial charge in [-0.2, -0.15) is 0 Å². The second-order valence-corrected chi connectivity index (χ2v) is 5.71. The molecule has 100 valence electrons. The fourth-order valence-corrected chi connectivity index (χ4v) is 3.03. The van der Waals surface area contributed by atoms with Gasteiger partial charge >= 0.3 is 0 Å². The molecule has 0 aromatic heterocycles. The van der Waals surface area contributed by atoms with Crippen LogP contribution in [-0.2, 0) is 9.59 Å². The summed E-state index contributed by atoms with van der Waals surface area (Å²) in [5.74, 6) is -0.138. The minimum atomic E-state index is -0.210. The van der Waals surface area contributed by atoms with Gasteiger partial charge in [0.25, 0.3) is 0 Å². The van der Waals surface area contributed by atoms with Crippen molar-refractivity contribution in [1.82, 2.24) is 0 Å². The molecule has 1 saturated carbocycles. The number of carbonyl (C=O) groups is 2. The van der Waals surface area contributed by atoms with Gasteiger partial charge in [0.05, 0.1) is 30.3 Å². The number of nitrogen functional groups attached to an aromatic ring is 1. The Morgan fingerprint density at radius 2 is 1.79 bits per heavy atom. The van der Waals surface area contributed by atoms with Crippen molar-refractivity contribution in [2.75, 3.05) is 17.7 Å². The predicted octanol–water partition coefficient (Wildman–Crippen LogP) is 1.42. The number of anilines is 2. The van der Waals surface area contributed by atoms with E-state index >= 15 is 0 Å². The Balaban J connectivity index is 2.01. The summed E-state index contributed by atoms with van der Waals surface area (Å²) in [6, 6.07) is 4.97. The van der Waals surface area contributed by atoms with Crippen molar-refractivity contribution in [3.63, 3.8) is 0 Å². The van der Waals surface area contributed by atoms with Gasteiger partial charge in [-0.3, -0.25) is 9.59 Å². The van der Waals surface area contributed by atoms with E-state index in [1.165, 1.54) is 12.0 Å². The Labute approximate surface area is 111 Å². The van der Waals surface area contributed by atoms with Gasteiger partial charge in [-0.25, -0.2) is 4.90 Å². The number of benzene rings is 1. The van der Waals surface area contributed by atoms with E-state index in [0.29, 0.717) is 17.1 Å². The Kier molecular flexibility index (Phi) is 2.21. The SMILES string of the molecule is COc1ccc(N)c(N2C(=O)C3C(C2=O)C3(C)C)c1. The molecule has 2 unspecified atom stereocenters. The highest BCUT2D eigenvalue weighted by Crippen LogP contribution is 2.64. The van der Waals surface area contributed by atoms with Gasteiger partial charge < -0.3 is 10.5 Å². The van der Waals surface area contributed by atoms with Crippen LogP contribution >= 0.6 is 0 Å². The molecule has 19 heavy (non-hydrogen) atoms. The van der Waals surface area contributed by atoms with Crippen LogP contribution in [-0.4, -0.2) is 18.9 Å². The van der Waals surface area contributed by atoms with Crippen molar-refractivity contribution < 1.29 is 14.3 Å². The maximum absolute atomic E-state index is 12.3. The van der Waals surface area contributed by atoms with E-state index in [1.54, 1.807) is 18.2 Å². The van der Waals surface area contributed by atoms with E-state index in [4.69, 9.17) is 10.5 Å². The van der Waals surface area contributed by atoms with Gasteiger partial charge in [0.15, 0.2) is 0 Å². The van der Waals surface area contributed by atoms with Crippen LogP contribution < -0.4 is 15.4 Å². The molecule has 2 amide bonds. The summed E-state index contributed by atoms with van der Waals surface area (Å²) in [6.45, 7) is 3.90. The summed E-state index contributed by atoms with van der Waals surface area (Å²) in [6.07, 6.45) is 0. The van der Waals surface area contributed by atoms with Crippen LogP contribution in [0.15, 0.2) is 18.2 Å². The maximum Gasteiger partial charge on any atom is 0.238 e. The molecular formula is C14H16N2O3. The number of fused-ring (bicyclic) bond motifs is 1. The normalized spacial score (nSPS) is 27.4. The predicted molar refractivity (Wildman–Crippen MR) is 70.7 cm³/mol.